The maximum absolute atomic E-state index is 12.0. The summed E-state index contributed by atoms with van der Waals surface area (Å²) in [6.07, 6.45) is 14.2. The summed E-state index contributed by atoms with van der Waals surface area (Å²) in [5.41, 5.74) is 4.89. The fourth-order valence-electron chi connectivity index (χ4n) is 4.49. The highest BCUT2D eigenvalue weighted by molar-refractivity contribution is 5.70. The summed E-state index contributed by atoms with van der Waals surface area (Å²) in [4.78, 5) is 43.9. The second-order valence-corrected chi connectivity index (χ2v) is 13.3. The van der Waals surface area contributed by atoms with E-state index in [-0.39, 0.29) is 24.1 Å². The van der Waals surface area contributed by atoms with Gasteiger partial charge in [0.05, 0.1) is 0 Å². The van der Waals surface area contributed by atoms with Crippen LogP contribution in [0.15, 0.2) is 0 Å². The zero-order valence-corrected chi connectivity index (χ0v) is 31.9. The molecule has 0 saturated carbocycles. The number of carbonyl (C=O) groups is 4. The minimum Gasteiger partial charge on any atom is -0.462 e. The molecule has 0 saturated heterocycles. The second kappa shape index (κ2) is 34.1. The molecule has 49 heavy (non-hydrogen) atoms. The lowest BCUT2D eigenvalue weighted by Gasteiger charge is -2.20. The molecule has 0 fully saturated rings. The number of unbranched alkanes of at least 4 members (excludes halogenated alkanes) is 8. The Hall–Kier alpha value is -2.37. The van der Waals surface area contributed by atoms with Gasteiger partial charge in [0.1, 0.15) is 17.8 Å². The minimum absolute atomic E-state index is 0.0458. The van der Waals surface area contributed by atoms with Crippen molar-refractivity contribution in [3.63, 3.8) is 0 Å². The monoisotopic (exact) mass is 713 g/mol. The molecule has 12 heteroatoms. The third-order valence-corrected chi connectivity index (χ3v) is 7.06. The highest BCUT2D eigenvalue weighted by atomic mass is 19.4. The first-order valence-electron chi connectivity index (χ1n) is 18.7. The number of rotatable bonds is 25. The van der Waals surface area contributed by atoms with Gasteiger partial charge in [-0.2, -0.15) is 13.2 Å². The Morgan fingerprint density at radius 1 is 0.653 bits per heavy atom. The van der Waals surface area contributed by atoms with Gasteiger partial charge in [-0.1, -0.05) is 79.1 Å². The minimum atomic E-state index is -4.64. The van der Waals surface area contributed by atoms with Crippen molar-refractivity contribution in [3.05, 3.63) is 0 Å². The van der Waals surface area contributed by atoms with Gasteiger partial charge in [-0.3, -0.25) is 14.4 Å². The fraction of sp³-hybridized carbons (Fsp3) is 0.892. The number of hydrogen-bond donors (Lipinski definition) is 2. The summed E-state index contributed by atoms with van der Waals surface area (Å²) in [6, 6.07) is 0. The van der Waals surface area contributed by atoms with Gasteiger partial charge in [0.15, 0.2) is 0 Å². The van der Waals surface area contributed by atoms with Gasteiger partial charge in [-0.05, 0) is 91.5 Å². The van der Waals surface area contributed by atoms with Gasteiger partial charge >= 0.3 is 24.2 Å². The smallest absolute Gasteiger partial charge is 0.446 e. The molecule has 3 N–H and O–H groups in total. The Balaban J connectivity index is -0.000000766. The van der Waals surface area contributed by atoms with Crippen LogP contribution in [0.4, 0.5) is 18.0 Å². The quantitative estimate of drug-likeness (QED) is 0.0414. The van der Waals surface area contributed by atoms with Gasteiger partial charge < -0.3 is 25.3 Å². The molecule has 9 nitrogen and oxygen atoms in total. The van der Waals surface area contributed by atoms with Crippen LogP contribution in [0.1, 0.15) is 177 Å². The zero-order chi connectivity index (χ0) is 38.0. The third-order valence-electron chi connectivity index (χ3n) is 7.06. The van der Waals surface area contributed by atoms with Crippen molar-refractivity contribution in [1.29, 1.82) is 0 Å². The van der Waals surface area contributed by atoms with Crippen molar-refractivity contribution in [2.24, 2.45) is 5.73 Å². The van der Waals surface area contributed by atoms with E-state index in [1.54, 1.807) is 0 Å². The van der Waals surface area contributed by atoms with E-state index < -0.39 is 24.2 Å². The average Bonchev–Trinajstić information content (AvgIpc) is 3.02. The molecular formula is C37H71F3N2O7. The number of nitrogens with two attached hydrogens (primary N) is 1. The standard InChI is InChI=1S/C20H39NO4.C15H31NO2.C2HF3O/c1-6-8-10-13-17(14-11-9-7-2)24-18(22)15-12-16-21-19(23)25-20(3,4)5;1-3-5-7-10-14(11-8-6-4-2)18-15(17)12-9-13-16;3-2(4,5)1-6/h17H,6-16H2,1-5H3,(H,21,23);14H,3-13,16H2,1-2H3;1H. The van der Waals surface area contributed by atoms with Crippen LogP contribution in [-0.4, -0.2) is 61.4 Å². The van der Waals surface area contributed by atoms with Crippen LogP contribution in [0.25, 0.3) is 0 Å². The highest BCUT2D eigenvalue weighted by Gasteiger charge is 2.25. The number of ether oxygens (including phenoxy) is 3. The first-order valence-corrected chi connectivity index (χ1v) is 18.7. The summed E-state index contributed by atoms with van der Waals surface area (Å²) >= 11 is 0. The molecule has 1 amide bonds. The number of alkyl halides is 3. The largest absolute Gasteiger partial charge is 0.462 e. The molecule has 0 unspecified atom stereocenters. The number of esters is 2. The topological polar surface area (TPSA) is 134 Å². The van der Waals surface area contributed by atoms with Crippen molar-refractivity contribution in [1.82, 2.24) is 5.32 Å². The van der Waals surface area contributed by atoms with Crippen LogP contribution >= 0.6 is 0 Å². The van der Waals surface area contributed by atoms with Gasteiger partial charge in [-0.15, -0.1) is 0 Å². The third kappa shape index (κ3) is 43.6. The van der Waals surface area contributed by atoms with Gasteiger partial charge in [-0.25, -0.2) is 4.79 Å². The number of carbonyl (C=O) groups excluding carboxylic acids is 4. The summed E-state index contributed by atoms with van der Waals surface area (Å²) in [6.45, 7) is 15.2. The predicted molar refractivity (Wildman–Crippen MR) is 190 cm³/mol. The molecule has 0 rings (SSSR count). The lowest BCUT2D eigenvalue weighted by molar-refractivity contribution is -0.156. The van der Waals surface area contributed by atoms with Crippen molar-refractivity contribution in [3.8, 4) is 0 Å². The molecule has 0 aliphatic heterocycles. The number of aldehydes is 1. The molecule has 0 aliphatic rings. The summed E-state index contributed by atoms with van der Waals surface area (Å²) in [5, 5.41) is 2.66. The van der Waals surface area contributed by atoms with Crippen LogP contribution in [0.5, 0.6) is 0 Å². The molecule has 0 spiro atoms. The molecule has 292 valence electrons. The Morgan fingerprint density at radius 2 is 1.00 bits per heavy atom. The van der Waals surface area contributed by atoms with E-state index in [0.717, 1.165) is 57.8 Å². The average molecular weight is 713 g/mol. The second-order valence-electron chi connectivity index (χ2n) is 13.3. The van der Waals surface area contributed by atoms with E-state index in [9.17, 15) is 27.6 Å². The van der Waals surface area contributed by atoms with Gasteiger partial charge in [0, 0.05) is 19.4 Å². The number of hydrogen-bond acceptors (Lipinski definition) is 8. The van der Waals surface area contributed by atoms with Crippen LogP contribution in [0.3, 0.4) is 0 Å². The Morgan fingerprint density at radius 3 is 1.29 bits per heavy atom. The number of alkyl carbamates (subject to hydrolysis) is 1. The first-order chi connectivity index (χ1) is 23.1. The molecule has 0 aliphatic carbocycles. The number of nitrogens with one attached hydrogen (secondary N) is 1. The maximum atomic E-state index is 12.0. The van der Waals surface area contributed by atoms with Crippen molar-refractivity contribution >= 4 is 24.3 Å². The SMILES string of the molecule is CCCCCC(CCCCC)OC(=O)CCCN.CCCCCC(CCCCC)OC(=O)CCCNC(=O)OC(C)(C)C.O=CC(F)(F)F. The zero-order valence-electron chi connectivity index (χ0n) is 31.9. The van der Waals surface area contributed by atoms with Crippen LogP contribution in [0.2, 0.25) is 0 Å². The summed E-state index contributed by atoms with van der Waals surface area (Å²) in [7, 11) is 0. The van der Waals surface area contributed by atoms with Crippen LogP contribution in [-0.2, 0) is 28.6 Å². The molecule has 0 radical (unpaired) electrons. The maximum Gasteiger partial charge on any atom is 0.446 e. The number of halogens is 3. The van der Waals surface area contributed by atoms with E-state index in [1.807, 2.05) is 20.8 Å². The lowest BCUT2D eigenvalue weighted by Crippen LogP contribution is -2.33. The summed E-state index contributed by atoms with van der Waals surface area (Å²) < 4.78 is 47.6. The Kier molecular flexibility index (Phi) is 35.5. The van der Waals surface area contributed by atoms with E-state index in [0.29, 0.717) is 32.4 Å². The van der Waals surface area contributed by atoms with Gasteiger partial charge in [0.2, 0.25) is 6.29 Å². The van der Waals surface area contributed by atoms with Gasteiger partial charge in [0.25, 0.3) is 0 Å². The van der Waals surface area contributed by atoms with Crippen LogP contribution < -0.4 is 11.1 Å². The predicted octanol–water partition coefficient (Wildman–Crippen LogP) is 9.91. The molecule has 0 aromatic carbocycles. The van der Waals surface area contributed by atoms with Crippen LogP contribution in [0, 0.1) is 0 Å². The molecule has 0 bridgehead atoms. The normalized spacial score (nSPS) is 11.2. The van der Waals surface area contributed by atoms with E-state index in [4.69, 9.17) is 24.7 Å². The first kappa shape index (κ1) is 51.0. The number of amides is 1. The van der Waals surface area contributed by atoms with E-state index in [1.165, 1.54) is 51.4 Å². The van der Waals surface area contributed by atoms with E-state index in [2.05, 4.69) is 33.0 Å². The Bertz CT molecular complexity index is 786. The van der Waals surface area contributed by atoms with Crippen molar-refractivity contribution < 1.29 is 46.6 Å². The van der Waals surface area contributed by atoms with Crippen molar-refractivity contribution in [2.45, 2.75) is 201 Å². The Labute approximate surface area is 295 Å². The highest BCUT2D eigenvalue weighted by Crippen LogP contribution is 2.17. The lowest BCUT2D eigenvalue weighted by atomic mass is 10.0. The molecule has 0 heterocycles. The summed E-state index contributed by atoms with van der Waals surface area (Å²) in [5.74, 6) is -0.234. The fourth-order valence-corrected chi connectivity index (χ4v) is 4.49. The molecular weight excluding hydrogens is 641 g/mol. The van der Waals surface area contributed by atoms with Crippen molar-refractivity contribution in [2.75, 3.05) is 13.1 Å². The molecule has 0 aromatic rings. The molecule has 0 aromatic heterocycles. The molecule has 0 atom stereocenters. The van der Waals surface area contributed by atoms with E-state index >= 15 is 0 Å².